The lowest BCUT2D eigenvalue weighted by Gasteiger charge is -2.08. The van der Waals surface area contributed by atoms with E-state index in [4.69, 9.17) is 16.9 Å². The van der Waals surface area contributed by atoms with Gasteiger partial charge >= 0.3 is 0 Å². The molecule has 6 nitrogen and oxygen atoms in total. The van der Waals surface area contributed by atoms with Crippen LogP contribution in [0.5, 0.6) is 0 Å². The summed E-state index contributed by atoms with van der Waals surface area (Å²) in [6, 6.07) is 12.2. The number of amides is 1. The van der Waals surface area contributed by atoms with Crippen molar-refractivity contribution in [3.63, 3.8) is 0 Å². The highest BCUT2D eigenvalue weighted by Gasteiger charge is 2.12. The van der Waals surface area contributed by atoms with E-state index in [0.717, 1.165) is 11.1 Å². The summed E-state index contributed by atoms with van der Waals surface area (Å²) in [5, 5.41) is 12.0. The molecule has 122 valence electrons. The molecule has 0 aliphatic carbocycles. The maximum absolute atomic E-state index is 12.5. The Morgan fingerprint density at radius 3 is 2.68 bits per heavy atom. The average molecular weight is 350 g/mol. The van der Waals surface area contributed by atoms with E-state index in [1.165, 1.54) is 6.20 Å². The second-order valence-electron chi connectivity index (χ2n) is 5.25. The number of halogens is 1. The zero-order valence-electron chi connectivity index (χ0n) is 13.2. The number of aryl methyl sites for hydroxylation is 1. The number of aromatic nitrogens is 3. The Bertz CT molecular complexity index is 997. The molecule has 0 atom stereocenters. The summed E-state index contributed by atoms with van der Waals surface area (Å²) in [6.45, 7) is 1.80. The van der Waals surface area contributed by atoms with Crippen molar-refractivity contribution in [1.82, 2.24) is 15.0 Å². The maximum atomic E-state index is 12.5. The maximum Gasteiger partial charge on any atom is 0.274 e. The van der Waals surface area contributed by atoms with Crippen molar-refractivity contribution in [2.75, 3.05) is 5.32 Å². The first-order valence-electron chi connectivity index (χ1n) is 7.33. The molecule has 1 N–H and O–H groups in total. The quantitative estimate of drug-likeness (QED) is 0.729. The molecule has 3 heterocycles. The standard InChI is InChI=1S/C18H12ClN5O/c1-11-6-13(12-2-4-21-15(7-12)10-20)8-16(23-11)18(25)24-14-3-5-22-17(19)9-14/h2-9H,1H3,(H,22,24,25). The molecule has 0 saturated carbocycles. The Kier molecular flexibility index (Phi) is 4.68. The van der Waals surface area contributed by atoms with E-state index < -0.39 is 0 Å². The van der Waals surface area contributed by atoms with Crippen LogP contribution in [0.15, 0.2) is 48.8 Å². The zero-order valence-corrected chi connectivity index (χ0v) is 13.9. The SMILES string of the molecule is Cc1cc(-c2ccnc(C#N)c2)cc(C(=O)Nc2ccnc(Cl)c2)n1. The minimum atomic E-state index is -0.359. The van der Waals surface area contributed by atoms with Crippen molar-refractivity contribution in [3.8, 4) is 17.2 Å². The van der Waals surface area contributed by atoms with Gasteiger partial charge in [-0.05, 0) is 54.4 Å². The molecule has 0 aliphatic rings. The van der Waals surface area contributed by atoms with Crippen LogP contribution in [0.4, 0.5) is 5.69 Å². The fraction of sp³-hybridized carbons (Fsp3) is 0.0556. The monoisotopic (exact) mass is 349 g/mol. The Labute approximate surface area is 149 Å². The van der Waals surface area contributed by atoms with E-state index in [9.17, 15) is 4.79 Å². The molecule has 0 spiro atoms. The number of hydrogen-bond acceptors (Lipinski definition) is 5. The molecular weight excluding hydrogens is 338 g/mol. The summed E-state index contributed by atoms with van der Waals surface area (Å²) in [7, 11) is 0. The van der Waals surface area contributed by atoms with Gasteiger partial charge in [0, 0.05) is 23.8 Å². The molecule has 7 heteroatoms. The van der Waals surface area contributed by atoms with Gasteiger partial charge in [0.1, 0.15) is 22.6 Å². The van der Waals surface area contributed by atoms with Crippen LogP contribution >= 0.6 is 11.6 Å². The largest absolute Gasteiger partial charge is 0.320 e. The molecule has 1 amide bonds. The summed E-state index contributed by atoms with van der Waals surface area (Å²) >= 11 is 5.82. The lowest BCUT2D eigenvalue weighted by molar-refractivity contribution is 0.102. The highest BCUT2D eigenvalue weighted by Crippen LogP contribution is 2.22. The fourth-order valence-corrected chi connectivity index (χ4v) is 2.47. The van der Waals surface area contributed by atoms with Crippen LogP contribution in [-0.4, -0.2) is 20.9 Å². The summed E-state index contributed by atoms with van der Waals surface area (Å²) < 4.78 is 0. The predicted octanol–water partition coefficient (Wildman–Crippen LogP) is 3.62. The van der Waals surface area contributed by atoms with Crippen molar-refractivity contribution < 1.29 is 4.79 Å². The molecule has 0 aliphatic heterocycles. The van der Waals surface area contributed by atoms with Gasteiger partial charge in [-0.25, -0.2) is 15.0 Å². The van der Waals surface area contributed by atoms with Crippen LogP contribution in [0.2, 0.25) is 5.15 Å². The van der Waals surface area contributed by atoms with Gasteiger partial charge in [-0.2, -0.15) is 5.26 Å². The summed E-state index contributed by atoms with van der Waals surface area (Å²) in [5.41, 5.74) is 3.36. The number of hydrogen-bond donors (Lipinski definition) is 1. The number of nitriles is 1. The molecule has 0 fully saturated rings. The van der Waals surface area contributed by atoms with Gasteiger partial charge in [-0.15, -0.1) is 0 Å². The Morgan fingerprint density at radius 1 is 1.12 bits per heavy atom. The van der Waals surface area contributed by atoms with Gasteiger partial charge < -0.3 is 5.32 Å². The van der Waals surface area contributed by atoms with Gasteiger partial charge in [0.25, 0.3) is 5.91 Å². The van der Waals surface area contributed by atoms with Gasteiger partial charge in [-0.3, -0.25) is 4.79 Å². The Morgan fingerprint density at radius 2 is 1.92 bits per heavy atom. The Balaban J connectivity index is 1.93. The number of anilines is 1. The molecular formula is C18H12ClN5O. The highest BCUT2D eigenvalue weighted by molar-refractivity contribution is 6.29. The van der Waals surface area contributed by atoms with E-state index >= 15 is 0 Å². The normalized spacial score (nSPS) is 10.1. The molecule has 0 bridgehead atoms. The highest BCUT2D eigenvalue weighted by atomic mass is 35.5. The molecule has 0 saturated heterocycles. The third kappa shape index (κ3) is 3.97. The zero-order chi connectivity index (χ0) is 17.8. The third-order valence-electron chi connectivity index (χ3n) is 3.38. The smallest absolute Gasteiger partial charge is 0.274 e. The second kappa shape index (κ2) is 7.07. The third-order valence-corrected chi connectivity index (χ3v) is 3.59. The van der Waals surface area contributed by atoms with Crippen molar-refractivity contribution in [2.24, 2.45) is 0 Å². The molecule has 0 aromatic carbocycles. The van der Waals surface area contributed by atoms with E-state index in [0.29, 0.717) is 17.1 Å². The number of rotatable bonds is 3. The first-order valence-corrected chi connectivity index (χ1v) is 7.71. The summed E-state index contributed by atoms with van der Waals surface area (Å²) in [6.07, 6.45) is 3.07. The van der Waals surface area contributed by atoms with Crippen molar-refractivity contribution >= 4 is 23.2 Å². The van der Waals surface area contributed by atoms with Crippen molar-refractivity contribution in [1.29, 1.82) is 5.26 Å². The van der Waals surface area contributed by atoms with Crippen LogP contribution in [-0.2, 0) is 0 Å². The summed E-state index contributed by atoms with van der Waals surface area (Å²) in [5.74, 6) is -0.359. The molecule has 3 aromatic heterocycles. The topological polar surface area (TPSA) is 91.6 Å². The van der Waals surface area contributed by atoms with Crippen molar-refractivity contribution in [3.05, 3.63) is 71.0 Å². The van der Waals surface area contributed by atoms with E-state index in [1.807, 2.05) is 12.1 Å². The van der Waals surface area contributed by atoms with Gasteiger partial charge in [-0.1, -0.05) is 11.6 Å². The molecule has 0 unspecified atom stereocenters. The minimum Gasteiger partial charge on any atom is -0.320 e. The number of carbonyl (C=O) groups excluding carboxylic acids is 1. The van der Waals surface area contributed by atoms with Gasteiger partial charge in [0.05, 0.1) is 0 Å². The number of nitrogens with zero attached hydrogens (tertiary/aromatic N) is 4. The Hall–Kier alpha value is -3.30. The average Bonchev–Trinajstić information content (AvgIpc) is 2.61. The first-order chi connectivity index (χ1) is 12.0. The van der Waals surface area contributed by atoms with Crippen LogP contribution in [0.1, 0.15) is 21.9 Å². The van der Waals surface area contributed by atoms with E-state index in [1.54, 1.807) is 43.5 Å². The lowest BCUT2D eigenvalue weighted by atomic mass is 10.0. The van der Waals surface area contributed by atoms with Crippen LogP contribution in [0, 0.1) is 18.3 Å². The molecule has 3 rings (SSSR count). The van der Waals surface area contributed by atoms with E-state index in [-0.39, 0.29) is 16.8 Å². The van der Waals surface area contributed by atoms with Gasteiger partial charge in [0.2, 0.25) is 0 Å². The van der Waals surface area contributed by atoms with Crippen LogP contribution < -0.4 is 5.32 Å². The van der Waals surface area contributed by atoms with Gasteiger partial charge in [0.15, 0.2) is 0 Å². The predicted molar refractivity (Wildman–Crippen MR) is 94.1 cm³/mol. The molecule has 3 aromatic rings. The van der Waals surface area contributed by atoms with Crippen molar-refractivity contribution in [2.45, 2.75) is 6.92 Å². The second-order valence-corrected chi connectivity index (χ2v) is 5.63. The molecule has 0 radical (unpaired) electrons. The van der Waals surface area contributed by atoms with E-state index in [2.05, 4.69) is 20.3 Å². The molecule has 25 heavy (non-hydrogen) atoms. The number of pyridine rings is 3. The number of nitrogens with one attached hydrogen (secondary N) is 1. The first kappa shape index (κ1) is 16.6. The lowest BCUT2D eigenvalue weighted by Crippen LogP contribution is -2.14. The summed E-state index contributed by atoms with van der Waals surface area (Å²) in [4.78, 5) is 24.6. The van der Waals surface area contributed by atoms with Crippen LogP contribution in [0.25, 0.3) is 11.1 Å². The van der Waals surface area contributed by atoms with Crippen LogP contribution in [0.3, 0.4) is 0 Å². The number of carbonyl (C=O) groups is 1. The fourth-order valence-electron chi connectivity index (χ4n) is 2.30. The minimum absolute atomic E-state index is 0.262.